The van der Waals surface area contributed by atoms with Crippen molar-refractivity contribution in [2.24, 2.45) is 10.9 Å². The number of piperidine rings is 1. The summed E-state index contributed by atoms with van der Waals surface area (Å²) in [7, 11) is -1.28. The van der Waals surface area contributed by atoms with E-state index in [9.17, 15) is 8.42 Å². The van der Waals surface area contributed by atoms with Gasteiger partial charge < -0.3 is 15.4 Å². The zero-order valence-corrected chi connectivity index (χ0v) is 18.0. The van der Waals surface area contributed by atoms with Gasteiger partial charge in [-0.2, -0.15) is 0 Å². The first-order valence-electron chi connectivity index (χ1n) is 8.36. The van der Waals surface area contributed by atoms with Gasteiger partial charge in [0, 0.05) is 39.8 Å². The second kappa shape index (κ2) is 9.54. The van der Waals surface area contributed by atoms with Crippen LogP contribution in [0.5, 0.6) is 0 Å². The number of hydrogen-bond donors (Lipinski definition) is 2. The Kier molecular flexibility index (Phi) is 8.71. The highest BCUT2D eigenvalue weighted by Crippen LogP contribution is 2.23. The first kappa shape index (κ1) is 21.9. The Morgan fingerprint density at radius 3 is 2.50 bits per heavy atom. The van der Waals surface area contributed by atoms with E-state index in [4.69, 9.17) is 4.74 Å². The largest absolute Gasteiger partial charge is 0.373 e. The third-order valence-electron chi connectivity index (χ3n) is 4.75. The molecular formula is C15H31IN4O3S. The molecule has 2 fully saturated rings. The van der Waals surface area contributed by atoms with E-state index in [1.807, 2.05) is 0 Å². The van der Waals surface area contributed by atoms with Crippen molar-refractivity contribution in [2.75, 3.05) is 46.1 Å². The summed E-state index contributed by atoms with van der Waals surface area (Å²) in [4.78, 5) is 4.25. The van der Waals surface area contributed by atoms with Gasteiger partial charge in [0.1, 0.15) is 0 Å². The molecule has 2 aliphatic rings. The SMILES string of the molecule is CN=C(NCC1CCN(S(C)(=O)=O)CC1)NCC1(C)CCCO1.I. The van der Waals surface area contributed by atoms with Gasteiger partial charge in [0.2, 0.25) is 10.0 Å². The van der Waals surface area contributed by atoms with Crippen molar-refractivity contribution in [3.05, 3.63) is 0 Å². The summed E-state index contributed by atoms with van der Waals surface area (Å²) in [6.07, 6.45) is 5.24. The van der Waals surface area contributed by atoms with E-state index in [0.717, 1.165) is 51.3 Å². The van der Waals surface area contributed by atoms with Crippen LogP contribution in [0.2, 0.25) is 0 Å². The minimum Gasteiger partial charge on any atom is -0.373 e. The Balaban J connectivity index is 0.00000288. The van der Waals surface area contributed by atoms with E-state index in [1.54, 1.807) is 11.4 Å². The lowest BCUT2D eigenvalue weighted by atomic mass is 9.98. The normalized spacial score (nSPS) is 26.9. The first-order valence-corrected chi connectivity index (χ1v) is 10.2. The van der Waals surface area contributed by atoms with Crippen molar-refractivity contribution in [1.82, 2.24) is 14.9 Å². The number of guanidine groups is 1. The summed E-state index contributed by atoms with van der Waals surface area (Å²) in [6, 6.07) is 0. The van der Waals surface area contributed by atoms with Crippen molar-refractivity contribution in [3.8, 4) is 0 Å². The first-order chi connectivity index (χ1) is 10.8. The van der Waals surface area contributed by atoms with Crippen molar-refractivity contribution < 1.29 is 13.2 Å². The quantitative estimate of drug-likeness (QED) is 0.353. The number of aliphatic imine (C=N–C) groups is 1. The molecule has 24 heavy (non-hydrogen) atoms. The lowest BCUT2D eigenvalue weighted by Crippen LogP contribution is -2.47. The summed E-state index contributed by atoms with van der Waals surface area (Å²) >= 11 is 0. The van der Waals surface area contributed by atoms with Gasteiger partial charge in [0.15, 0.2) is 5.96 Å². The Morgan fingerprint density at radius 1 is 1.33 bits per heavy atom. The van der Waals surface area contributed by atoms with Gasteiger partial charge in [-0.25, -0.2) is 12.7 Å². The molecule has 1 unspecified atom stereocenters. The second-order valence-electron chi connectivity index (χ2n) is 6.81. The molecule has 0 amide bonds. The third-order valence-corrected chi connectivity index (χ3v) is 6.06. The maximum Gasteiger partial charge on any atom is 0.211 e. The van der Waals surface area contributed by atoms with Gasteiger partial charge in [-0.15, -0.1) is 24.0 Å². The average Bonchev–Trinajstić information content (AvgIpc) is 2.94. The lowest BCUT2D eigenvalue weighted by molar-refractivity contribution is 0.0242. The summed E-state index contributed by atoms with van der Waals surface area (Å²) < 4.78 is 30.4. The number of ether oxygens (including phenoxy) is 1. The molecule has 7 nitrogen and oxygen atoms in total. The van der Waals surface area contributed by atoms with Gasteiger partial charge in [-0.1, -0.05) is 0 Å². The lowest BCUT2D eigenvalue weighted by Gasteiger charge is -2.31. The van der Waals surface area contributed by atoms with Crippen LogP contribution < -0.4 is 10.6 Å². The molecule has 1 atom stereocenters. The number of sulfonamides is 1. The molecule has 0 aromatic carbocycles. The molecule has 2 saturated heterocycles. The Morgan fingerprint density at radius 2 is 2.00 bits per heavy atom. The number of hydrogen-bond acceptors (Lipinski definition) is 4. The summed E-state index contributed by atoms with van der Waals surface area (Å²) in [5.41, 5.74) is -0.0988. The minimum atomic E-state index is -3.05. The van der Waals surface area contributed by atoms with Crippen molar-refractivity contribution in [2.45, 2.75) is 38.2 Å². The molecule has 0 aliphatic carbocycles. The van der Waals surface area contributed by atoms with Gasteiger partial charge in [-0.3, -0.25) is 4.99 Å². The molecule has 142 valence electrons. The predicted molar refractivity (Wildman–Crippen MR) is 108 cm³/mol. The topological polar surface area (TPSA) is 83.0 Å². The predicted octanol–water partition coefficient (Wildman–Crippen LogP) is 1.01. The fourth-order valence-corrected chi connectivity index (χ4v) is 4.03. The fourth-order valence-electron chi connectivity index (χ4n) is 3.15. The molecular weight excluding hydrogens is 443 g/mol. The maximum absolute atomic E-state index is 11.5. The third kappa shape index (κ3) is 6.64. The molecule has 2 rings (SSSR count). The van der Waals surface area contributed by atoms with Gasteiger partial charge in [-0.05, 0) is 38.5 Å². The summed E-state index contributed by atoms with van der Waals surface area (Å²) in [5.74, 6) is 1.26. The molecule has 0 saturated carbocycles. The number of nitrogens with zero attached hydrogens (tertiary/aromatic N) is 2. The van der Waals surface area contributed by atoms with E-state index >= 15 is 0 Å². The van der Waals surface area contributed by atoms with Crippen LogP contribution in [0.15, 0.2) is 4.99 Å². The monoisotopic (exact) mass is 474 g/mol. The highest BCUT2D eigenvalue weighted by Gasteiger charge is 2.30. The van der Waals surface area contributed by atoms with Gasteiger partial charge in [0.05, 0.1) is 11.9 Å². The molecule has 2 heterocycles. The summed E-state index contributed by atoms with van der Waals surface area (Å²) in [5, 5.41) is 6.68. The highest BCUT2D eigenvalue weighted by molar-refractivity contribution is 14.0. The fraction of sp³-hybridized carbons (Fsp3) is 0.933. The second-order valence-corrected chi connectivity index (χ2v) is 8.80. The standard InChI is InChI=1S/C15H30N4O3S.HI/c1-15(7-4-10-22-15)12-18-14(16-2)17-11-13-5-8-19(9-6-13)23(3,20)21;/h13H,4-12H2,1-3H3,(H2,16,17,18);1H. The van der Waals surface area contributed by atoms with E-state index in [0.29, 0.717) is 19.0 Å². The van der Waals surface area contributed by atoms with Crippen LogP contribution in [-0.2, 0) is 14.8 Å². The molecule has 0 radical (unpaired) electrons. The van der Waals surface area contributed by atoms with Crippen molar-refractivity contribution in [1.29, 1.82) is 0 Å². The van der Waals surface area contributed by atoms with Crippen LogP contribution >= 0.6 is 24.0 Å². The number of halogens is 1. The van der Waals surface area contributed by atoms with Crippen LogP contribution in [0.25, 0.3) is 0 Å². The smallest absolute Gasteiger partial charge is 0.211 e. The Hall–Kier alpha value is -0.130. The Bertz CT molecular complexity index is 513. The van der Waals surface area contributed by atoms with E-state index in [2.05, 4.69) is 22.5 Å². The van der Waals surface area contributed by atoms with Crippen LogP contribution in [0.4, 0.5) is 0 Å². The number of rotatable bonds is 5. The molecule has 0 bridgehead atoms. The molecule has 0 spiro atoms. The Labute approximate surface area is 163 Å². The van der Waals surface area contributed by atoms with Crippen LogP contribution in [0, 0.1) is 5.92 Å². The van der Waals surface area contributed by atoms with E-state index in [-0.39, 0.29) is 29.6 Å². The minimum absolute atomic E-state index is 0. The van der Waals surface area contributed by atoms with Gasteiger partial charge >= 0.3 is 0 Å². The highest BCUT2D eigenvalue weighted by atomic mass is 127. The van der Waals surface area contributed by atoms with Gasteiger partial charge in [0.25, 0.3) is 0 Å². The summed E-state index contributed by atoms with van der Waals surface area (Å²) in [6.45, 7) is 5.75. The van der Waals surface area contributed by atoms with Crippen molar-refractivity contribution >= 4 is 40.0 Å². The molecule has 9 heteroatoms. The van der Waals surface area contributed by atoms with E-state index in [1.165, 1.54) is 6.26 Å². The van der Waals surface area contributed by atoms with E-state index < -0.39 is 10.0 Å². The van der Waals surface area contributed by atoms with Crippen LogP contribution in [-0.4, -0.2) is 70.4 Å². The molecule has 0 aromatic rings. The maximum atomic E-state index is 11.5. The van der Waals surface area contributed by atoms with Crippen molar-refractivity contribution in [3.63, 3.8) is 0 Å². The van der Waals surface area contributed by atoms with Crippen LogP contribution in [0.1, 0.15) is 32.6 Å². The molecule has 0 aromatic heterocycles. The zero-order chi connectivity index (χ0) is 16.9. The molecule has 2 aliphatic heterocycles. The average molecular weight is 474 g/mol. The zero-order valence-electron chi connectivity index (χ0n) is 14.9. The molecule has 2 N–H and O–H groups in total. The number of nitrogens with one attached hydrogen (secondary N) is 2. The van der Waals surface area contributed by atoms with Crippen LogP contribution in [0.3, 0.4) is 0 Å².